The van der Waals surface area contributed by atoms with Gasteiger partial charge >= 0.3 is 24.2 Å². The maximum atomic E-state index is 13.2. The van der Waals surface area contributed by atoms with Crippen LogP contribution in [0.25, 0.3) is 0 Å². The van der Waals surface area contributed by atoms with Gasteiger partial charge < -0.3 is 4.90 Å². The summed E-state index contributed by atoms with van der Waals surface area (Å²) in [6.07, 6.45) is -13.5. The molecule has 1 amide bonds. The lowest BCUT2D eigenvalue weighted by Crippen LogP contribution is -2.62. The van der Waals surface area contributed by atoms with Gasteiger partial charge in [0.15, 0.2) is 5.92 Å². The van der Waals surface area contributed by atoms with E-state index in [0.717, 1.165) is 13.8 Å². The Labute approximate surface area is 118 Å². The van der Waals surface area contributed by atoms with Crippen LogP contribution in [0.1, 0.15) is 13.8 Å². The normalized spacial score (nSPS) is 14.4. The molecule has 0 spiro atoms. The average molecular weight is 351 g/mol. The Balaban J connectivity index is 6.20. The van der Waals surface area contributed by atoms with Crippen molar-refractivity contribution < 1.29 is 48.7 Å². The van der Waals surface area contributed by atoms with Crippen LogP contribution in [0, 0.1) is 5.92 Å². The van der Waals surface area contributed by atoms with Gasteiger partial charge in [0.05, 0.1) is 0 Å². The first-order valence-corrected chi connectivity index (χ1v) is 5.73. The Morgan fingerprint density at radius 3 is 1.23 bits per heavy atom. The SMILES string of the molecule is CCN(CC)C(=O)C(C(F)(F)C(F)(F)F)C(F)(F)C(F)(F)F. The molecule has 0 bridgehead atoms. The largest absolute Gasteiger partial charge is 0.454 e. The summed E-state index contributed by atoms with van der Waals surface area (Å²) in [4.78, 5) is 11.5. The lowest BCUT2D eigenvalue weighted by atomic mass is 9.91. The third kappa shape index (κ3) is 3.57. The van der Waals surface area contributed by atoms with E-state index in [1.165, 1.54) is 0 Å². The number of carbonyl (C=O) groups is 1. The summed E-state index contributed by atoms with van der Waals surface area (Å²) in [6, 6.07) is 0. The van der Waals surface area contributed by atoms with Gasteiger partial charge in [-0.15, -0.1) is 0 Å². The molecule has 0 aromatic rings. The summed E-state index contributed by atoms with van der Waals surface area (Å²) in [5, 5.41) is 0. The van der Waals surface area contributed by atoms with Gasteiger partial charge in [-0.2, -0.15) is 43.9 Å². The van der Waals surface area contributed by atoms with Gasteiger partial charge in [-0.1, -0.05) is 0 Å². The fraction of sp³-hybridized carbons (Fsp3) is 0.900. The van der Waals surface area contributed by atoms with Crippen molar-refractivity contribution in [3.05, 3.63) is 0 Å². The summed E-state index contributed by atoms with van der Waals surface area (Å²) in [7, 11) is 0. The van der Waals surface area contributed by atoms with E-state index in [0.29, 0.717) is 0 Å². The number of alkyl halides is 10. The first-order valence-electron chi connectivity index (χ1n) is 5.73. The van der Waals surface area contributed by atoms with Gasteiger partial charge in [0.2, 0.25) is 5.91 Å². The van der Waals surface area contributed by atoms with E-state index in [-0.39, 0.29) is 4.90 Å². The molecular weight excluding hydrogens is 340 g/mol. The van der Waals surface area contributed by atoms with Crippen molar-refractivity contribution in [1.82, 2.24) is 4.90 Å². The number of carbonyl (C=O) groups excluding carboxylic acids is 1. The molecule has 0 aliphatic carbocycles. The fourth-order valence-corrected chi connectivity index (χ4v) is 1.58. The molecule has 0 saturated carbocycles. The maximum Gasteiger partial charge on any atom is 0.454 e. The van der Waals surface area contributed by atoms with Gasteiger partial charge in [0.25, 0.3) is 0 Å². The van der Waals surface area contributed by atoms with Crippen LogP contribution >= 0.6 is 0 Å². The predicted octanol–water partition coefficient (Wildman–Crippen LogP) is 3.87. The van der Waals surface area contributed by atoms with Crippen LogP contribution in [0.15, 0.2) is 0 Å². The van der Waals surface area contributed by atoms with E-state index in [4.69, 9.17) is 0 Å². The third-order valence-electron chi connectivity index (χ3n) is 2.80. The fourth-order valence-electron chi connectivity index (χ4n) is 1.58. The monoisotopic (exact) mass is 351 g/mol. The molecular formula is C10H11F10NO. The zero-order valence-electron chi connectivity index (χ0n) is 11.1. The van der Waals surface area contributed by atoms with Gasteiger partial charge in [-0.3, -0.25) is 4.79 Å². The minimum atomic E-state index is -6.75. The Hall–Kier alpha value is -1.23. The van der Waals surface area contributed by atoms with Crippen LogP contribution in [-0.4, -0.2) is 48.1 Å². The van der Waals surface area contributed by atoms with E-state index in [2.05, 4.69) is 0 Å². The van der Waals surface area contributed by atoms with E-state index < -0.39 is 49.1 Å². The van der Waals surface area contributed by atoms with Crippen LogP contribution in [0.2, 0.25) is 0 Å². The van der Waals surface area contributed by atoms with Crippen molar-refractivity contribution in [2.45, 2.75) is 38.0 Å². The minimum Gasteiger partial charge on any atom is -0.343 e. The zero-order valence-corrected chi connectivity index (χ0v) is 11.1. The molecule has 0 radical (unpaired) electrons. The summed E-state index contributed by atoms with van der Waals surface area (Å²) in [5.41, 5.74) is 0. The molecule has 12 heteroatoms. The Morgan fingerprint density at radius 1 is 0.773 bits per heavy atom. The van der Waals surface area contributed by atoms with Crippen molar-refractivity contribution in [2.75, 3.05) is 13.1 Å². The van der Waals surface area contributed by atoms with Crippen LogP contribution in [0.5, 0.6) is 0 Å². The number of halogens is 10. The van der Waals surface area contributed by atoms with E-state index >= 15 is 0 Å². The number of rotatable bonds is 5. The smallest absolute Gasteiger partial charge is 0.343 e. The summed E-state index contributed by atoms with van der Waals surface area (Å²) >= 11 is 0. The molecule has 0 saturated heterocycles. The number of nitrogens with zero attached hydrogens (tertiary/aromatic N) is 1. The average Bonchev–Trinajstić information content (AvgIpc) is 2.26. The molecule has 0 aliphatic rings. The van der Waals surface area contributed by atoms with Crippen molar-refractivity contribution in [3.8, 4) is 0 Å². The number of hydrogen-bond donors (Lipinski definition) is 0. The van der Waals surface area contributed by atoms with Crippen molar-refractivity contribution in [1.29, 1.82) is 0 Å². The van der Waals surface area contributed by atoms with E-state index in [9.17, 15) is 48.7 Å². The van der Waals surface area contributed by atoms with Crippen molar-refractivity contribution >= 4 is 5.91 Å². The Bertz CT molecular complexity index is 369. The second-order valence-corrected chi connectivity index (χ2v) is 4.18. The standard InChI is InChI=1S/C10H11F10NO/c1-3-21(4-2)6(22)5(7(11,12)9(15,16)17)8(13,14)10(18,19)20/h5H,3-4H2,1-2H3. The van der Waals surface area contributed by atoms with Crippen LogP contribution < -0.4 is 0 Å². The van der Waals surface area contributed by atoms with Crippen molar-refractivity contribution in [2.24, 2.45) is 5.92 Å². The molecule has 0 aliphatic heterocycles. The predicted molar refractivity (Wildman–Crippen MR) is 53.4 cm³/mol. The number of amides is 1. The highest BCUT2D eigenvalue weighted by Gasteiger charge is 2.78. The van der Waals surface area contributed by atoms with E-state index in [1.807, 2.05) is 0 Å². The molecule has 0 rings (SSSR count). The molecule has 0 atom stereocenters. The van der Waals surface area contributed by atoms with Crippen LogP contribution in [0.3, 0.4) is 0 Å². The van der Waals surface area contributed by atoms with Gasteiger partial charge in [-0.25, -0.2) is 0 Å². The maximum absolute atomic E-state index is 13.2. The molecule has 0 aromatic heterocycles. The summed E-state index contributed by atoms with van der Waals surface area (Å²) in [6.45, 7) is 0.813. The summed E-state index contributed by atoms with van der Waals surface area (Å²) < 4.78 is 126. The highest BCUT2D eigenvalue weighted by Crippen LogP contribution is 2.52. The first-order chi connectivity index (χ1) is 9.55. The third-order valence-corrected chi connectivity index (χ3v) is 2.80. The molecule has 0 N–H and O–H groups in total. The highest BCUT2D eigenvalue weighted by molar-refractivity contribution is 5.81. The molecule has 0 fully saturated rings. The molecule has 0 heterocycles. The van der Waals surface area contributed by atoms with Crippen LogP contribution in [0.4, 0.5) is 43.9 Å². The zero-order chi connectivity index (χ0) is 18.1. The lowest BCUT2D eigenvalue weighted by molar-refractivity contribution is -0.365. The lowest BCUT2D eigenvalue weighted by Gasteiger charge is -2.36. The quantitative estimate of drug-likeness (QED) is 0.689. The minimum absolute atomic E-state index is 0.0456. The Kier molecular flexibility index (Phi) is 5.77. The topological polar surface area (TPSA) is 20.3 Å². The highest BCUT2D eigenvalue weighted by atomic mass is 19.4. The Morgan fingerprint density at radius 2 is 1.05 bits per heavy atom. The molecule has 22 heavy (non-hydrogen) atoms. The van der Waals surface area contributed by atoms with Gasteiger partial charge in [-0.05, 0) is 13.8 Å². The van der Waals surface area contributed by atoms with Crippen LogP contribution in [-0.2, 0) is 4.79 Å². The first kappa shape index (κ1) is 20.8. The molecule has 2 nitrogen and oxygen atoms in total. The molecule has 0 aromatic carbocycles. The number of hydrogen-bond acceptors (Lipinski definition) is 1. The second-order valence-electron chi connectivity index (χ2n) is 4.18. The van der Waals surface area contributed by atoms with E-state index in [1.54, 1.807) is 0 Å². The molecule has 0 unspecified atom stereocenters. The molecule has 132 valence electrons. The summed E-state index contributed by atoms with van der Waals surface area (Å²) in [5.74, 6) is -20.7. The van der Waals surface area contributed by atoms with Gasteiger partial charge in [0.1, 0.15) is 0 Å². The second kappa shape index (κ2) is 6.11. The van der Waals surface area contributed by atoms with Gasteiger partial charge in [0, 0.05) is 13.1 Å². The van der Waals surface area contributed by atoms with Crippen molar-refractivity contribution in [3.63, 3.8) is 0 Å².